The zero-order valence-electron chi connectivity index (χ0n) is 16.1. The monoisotopic (exact) mass is 399 g/mol. The van der Waals surface area contributed by atoms with E-state index in [9.17, 15) is 4.79 Å². The molecule has 30 heavy (non-hydrogen) atoms. The molecule has 9 nitrogen and oxygen atoms in total. The van der Waals surface area contributed by atoms with Gasteiger partial charge in [0.2, 0.25) is 0 Å². The van der Waals surface area contributed by atoms with Crippen molar-refractivity contribution in [2.45, 2.75) is 12.8 Å². The van der Waals surface area contributed by atoms with Crippen LogP contribution in [0, 0.1) is 0 Å². The molecule has 3 aromatic heterocycles. The third-order valence-electron chi connectivity index (χ3n) is 4.73. The van der Waals surface area contributed by atoms with Crippen LogP contribution in [-0.4, -0.2) is 47.7 Å². The average molecular weight is 399 g/mol. The summed E-state index contributed by atoms with van der Waals surface area (Å²) in [5.41, 5.74) is 3.45. The second-order valence-corrected chi connectivity index (χ2v) is 6.72. The topological polar surface area (TPSA) is 100 Å². The van der Waals surface area contributed by atoms with Crippen molar-refractivity contribution >= 4 is 22.9 Å². The predicted octanol–water partition coefficient (Wildman–Crippen LogP) is 2.16. The molecule has 0 radical (unpaired) electrons. The number of aromatic nitrogens is 7. The Morgan fingerprint density at radius 1 is 0.967 bits per heavy atom. The number of methoxy groups -OCH3 is 1. The number of esters is 1. The van der Waals surface area contributed by atoms with Gasteiger partial charge >= 0.3 is 5.97 Å². The van der Waals surface area contributed by atoms with Crippen LogP contribution in [0.3, 0.4) is 0 Å². The van der Waals surface area contributed by atoms with Gasteiger partial charge in [0, 0.05) is 6.42 Å². The van der Waals surface area contributed by atoms with Crippen LogP contribution in [0.5, 0.6) is 0 Å². The number of fused-ring (bicyclic) bond motifs is 3. The maximum Gasteiger partial charge on any atom is 0.311 e. The zero-order valence-corrected chi connectivity index (χ0v) is 16.1. The average Bonchev–Trinajstić information content (AvgIpc) is 3.36. The SMILES string of the molecule is COC(=O)Cc1nn(-c2ccccc2)c2c1nnc1nc(Cc3ccccc3)nn12. The highest BCUT2D eigenvalue weighted by Crippen LogP contribution is 2.21. The molecule has 0 saturated heterocycles. The second kappa shape index (κ2) is 7.36. The first-order valence-corrected chi connectivity index (χ1v) is 9.39. The Morgan fingerprint density at radius 2 is 1.70 bits per heavy atom. The Kier molecular flexibility index (Phi) is 4.40. The lowest BCUT2D eigenvalue weighted by molar-refractivity contribution is -0.139. The highest BCUT2D eigenvalue weighted by atomic mass is 16.5. The number of carbonyl (C=O) groups is 1. The van der Waals surface area contributed by atoms with E-state index in [4.69, 9.17) is 4.74 Å². The van der Waals surface area contributed by atoms with Crippen LogP contribution >= 0.6 is 0 Å². The molecule has 0 fully saturated rings. The molecular weight excluding hydrogens is 382 g/mol. The summed E-state index contributed by atoms with van der Waals surface area (Å²) in [7, 11) is 1.34. The first-order valence-electron chi connectivity index (χ1n) is 9.39. The van der Waals surface area contributed by atoms with Crippen LogP contribution < -0.4 is 0 Å². The molecule has 0 bridgehead atoms. The van der Waals surface area contributed by atoms with Crippen molar-refractivity contribution in [2.75, 3.05) is 7.11 Å². The van der Waals surface area contributed by atoms with E-state index in [1.807, 2.05) is 60.7 Å². The minimum absolute atomic E-state index is 0.0153. The summed E-state index contributed by atoms with van der Waals surface area (Å²) in [5.74, 6) is 0.591. The van der Waals surface area contributed by atoms with Crippen molar-refractivity contribution in [3.63, 3.8) is 0 Å². The molecule has 0 aliphatic carbocycles. The van der Waals surface area contributed by atoms with Crippen molar-refractivity contribution in [1.29, 1.82) is 0 Å². The zero-order chi connectivity index (χ0) is 20.5. The molecule has 0 atom stereocenters. The third-order valence-corrected chi connectivity index (χ3v) is 4.73. The van der Waals surface area contributed by atoms with Crippen LogP contribution in [0.2, 0.25) is 0 Å². The number of ether oxygens (including phenoxy) is 1. The van der Waals surface area contributed by atoms with Crippen LogP contribution in [0.1, 0.15) is 17.1 Å². The Hall–Kier alpha value is -4.14. The maximum absolute atomic E-state index is 11.9. The number of hydrogen-bond donors (Lipinski definition) is 0. The number of para-hydroxylation sites is 1. The van der Waals surface area contributed by atoms with Gasteiger partial charge in [-0.05, 0) is 17.7 Å². The summed E-state index contributed by atoms with van der Waals surface area (Å²) >= 11 is 0. The van der Waals surface area contributed by atoms with Gasteiger partial charge < -0.3 is 4.74 Å². The predicted molar refractivity (Wildman–Crippen MR) is 108 cm³/mol. The van der Waals surface area contributed by atoms with Crippen LogP contribution in [0.15, 0.2) is 60.7 Å². The minimum Gasteiger partial charge on any atom is -0.469 e. The Labute approximate surface area is 171 Å². The van der Waals surface area contributed by atoms with Gasteiger partial charge in [0.05, 0.1) is 19.2 Å². The van der Waals surface area contributed by atoms with Gasteiger partial charge in [-0.1, -0.05) is 48.5 Å². The third kappa shape index (κ3) is 3.16. The molecule has 0 unspecified atom stereocenters. The summed E-state index contributed by atoms with van der Waals surface area (Å²) in [4.78, 5) is 16.4. The van der Waals surface area contributed by atoms with E-state index in [1.54, 1.807) is 9.20 Å². The standard InChI is InChI=1S/C21H17N7O2/c1-30-18(29)13-16-19-20(27(25-16)15-10-6-3-7-11-15)28-21(24-23-19)22-17(26-28)12-14-8-4-2-5-9-14/h2-11H,12-13H2,1H3. The summed E-state index contributed by atoms with van der Waals surface area (Å²) in [5, 5.41) is 17.8. The quantitative estimate of drug-likeness (QED) is 0.418. The molecule has 0 aliphatic heterocycles. The molecule has 0 amide bonds. The molecule has 5 rings (SSSR count). The molecule has 0 N–H and O–H groups in total. The first kappa shape index (κ1) is 17.9. The number of hydrogen-bond acceptors (Lipinski definition) is 7. The smallest absolute Gasteiger partial charge is 0.311 e. The van der Waals surface area contributed by atoms with E-state index >= 15 is 0 Å². The van der Waals surface area contributed by atoms with Gasteiger partial charge in [-0.25, -0.2) is 4.68 Å². The molecular formula is C21H17N7O2. The van der Waals surface area contributed by atoms with E-state index in [1.165, 1.54) is 7.11 Å². The fourth-order valence-electron chi connectivity index (χ4n) is 3.31. The lowest BCUT2D eigenvalue weighted by atomic mass is 10.1. The summed E-state index contributed by atoms with van der Waals surface area (Å²) in [6.45, 7) is 0. The van der Waals surface area contributed by atoms with E-state index in [0.29, 0.717) is 34.9 Å². The Balaban J connectivity index is 1.70. The highest BCUT2D eigenvalue weighted by molar-refractivity contribution is 5.82. The molecule has 148 valence electrons. The van der Waals surface area contributed by atoms with Crippen LogP contribution in [-0.2, 0) is 22.4 Å². The minimum atomic E-state index is -0.403. The van der Waals surface area contributed by atoms with E-state index in [2.05, 4.69) is 25.4 Å². The number of rotatable bonds is 5. The van der Waals surface area contributed by atoms with Gasteiger partial charge in [-0.3, -0.25) is 4.79 Å². The lowest BCUT2D eigenvalue weighted by Crippen LogP contribution is -2.06. The van der Waals surface area contributed by atoms with Gasteiger partial charge in [-0.15, -0.1) is 15.3 Å². The van der Waals surface area contributed by atoms with Gasteiger partial charge in [-0.2, -0.15) is 14.6 Å². The molecule has 9 heteroatoms. The first-order chi connectivity index (χ1) is 14.7. The normalized spacial score (nSPS) is 11.2. The number of nitrogens with zero attached hydrogens (tertiary/aromatic N) is 7. The number of benzene rings is 2. The molecule has 0 spiro atoms. The largest absolute Gasteiger partial charge is 0.469 e. The lowest BCUT2D eigenvalue weighted by Gasteiger charge is -2.03. The summed E-state index contributed by atoms with van der Waals surface area (Å²) in [6.07, 6.45) is 0.554. The molecule has 3 heterocycles. The molecule has 5 aromatic rings. The Morgan fingerprint density at radius 3 is 2.43 bits per heavy atom. The van der Waals surface area contributed by atoms with Crippen LogP contribution in [0.25, 0.3) is 22.6 Å². The summed E-state index contributed by atoms with van der Waals surface area (Å²) < 4.78 is 8.14. The highest BCUT2D eigenvalue weighted by Gasteiger charge is 2.21. The van der Waals surface area contributed by atoms with Crippen molar-refractivity contribution in [3.8, 4) is 5.69 Å². The molecule has 0 saturated carbocycles. The van der Waals surface area contributed by atoms with Gasteiger partial charge in [0.25, 0.3) is 5.78 Å². The second-order valence-electron chi connectivity index (χ2n) is 6.72. The number of carbonyl (C=O) groups excluding carboxylic acids is 1. The van der Waals surface area contributed by atoms with E-state index in [0.717, 1.165) is 11.3 Å². The molecule has 0 aliphatic rings. The van der Waals surface area contributed by atoms with Crippen molar-refractivity contribution in [1.82, 2.24) is 34.6 Å². The summed E-state index contributed by atoms with van der Waals surface area (Å²) in [6, 6.07) is 19.6. The van der Waals surface area contributed by atoms with Crippen molar-refractivity contribution < 1.29 is 9.53 Å². The van der Waals surface area contributed by atoms with Crippen LogP contribution in [0.4, 0.5) is 0 Å². The van der Waals surface area contributed by atoms with E-state index in [-0.39, 0.29) is 6.42 Å². The van der Waals surface area contributed by atoms with Crippen molar-refractivity contribution in [2.24, 2.45) is 0 Å². The van der Waals surface area contributed by atoms with Crippen molar-refractivity contribution in [3.05, 3.63) is 77.7 Å². The fourth-order valence-corrected chi connectivity index (χ4v) is 3.31. The fraction of sp³-hybridized carbons (Fsp3) is 0.143. The maximum atomic E-state index is 11.9. The molecule has 2 aromatic carbocycles. The van der Waals surface area contributed by atoms with Gasteiger partial charge in [0.1, 0.15) is 5.69 Å². The van der Waals surface area contributed by atoms with E-state index < -0.39 is 5.97 Å². The Bertz CT molecular complexity index is 1340. The van der Waals surface area contributed by atoms with Gasteiger partial charge in [0.15, 0.2) is 17.0 Å².